The maximum absolute atomic E-state index is 2.60. The van der Waals surface area contributed by atoms with E-state index in [2.05, 4.69) is 54.5 Å². The van der Waals surface area contributed by atoms with Gasteiger partial charge in [-0.25, -0.2) is 0 Å². The number of hydrogen-bond donors (Lipinski definition) is 0. The molecular formula is C23H36Si. The Hall–Kier alpha value is -0.823. The Morgan fingerprint density at radius 1 is 0.833 bits per heavy atom. The smallest absolute Gasteiger partial charge is 0.0685 e. The fourth-order valence-electron chi connectivity index (χ4n) is 6.32. The molecule has 0 nitrogen and oxygen atoms in total. The Kier molecular flexibility index (Phi) is 4.86. The van der Waals surface area contributed by atoms with E-state index in [0.29, 0.717) is 0 Å². The zero-order valence-electron chi connectivity index (χ0n) is 17.0. The minimum Gasteiger partial charge on any atom is -0.0685 e. The minimum atomic E-state index is -1.50. The lowest BCUT2D eigenvalue weighted by Crippen LogP contribution is -2.45. The summed E-state index contributed by atoms with van der Waals surface area (Å²) in [6, 6.07) is 2.83. The summed E-state index contributed by atoms with van der Waals surface area (Å²) in [5, 5.41) is 0. The highest BCUT2D eigenvalue weighted by atomic mass is 28.3. The molecule has 3 aliphatic rings. The first-order valence-corrected chi connectivity index (χ1v) is 12.7. The quantitative estimate of drug-likeness (QED) is 0.459. The molecule has 0 heterocycles. The monoisotopic (exact) mass is 340 g/mol. The maximum Gasteiger partial charge on any atom is 0.0767 e. The van der Waals surface area contributed by atoms with Crippen molar-refractivity contribution in [1.82, 2.24) is 0 Å². The molecule has 0 amide bonds. The van der Waals surface area contributed by atoms with Crippen LogP contribution in [0.4, 0.5) is 0 Å². The Balaban J connectivity index is 2.14. The van der Waals surface area contributed by atoms with Gasteiger partial charge in [0.15, 0.2) is 0 Å². The van der Waals surface area contributed by atoms with Crippen LogP contribution >= 0.6 is 0 Å². The lowest BCUT2D eigenvalue weighted by molar-refractivity contribution is 0.673. The fourth-order valence-corrected chi connectivity index (χ4v) is 13.0. The summed E-state index contributed by atoms with van der Waals surface area (Å²) in [5.41, 5.74) is 13.5. The summed E-state index contributed by atoms with van der Waals surface area (Å²) in [4.78, 5) is 0. The lowest BCUT2D eigenvalue weighted by Gasteiger charge is -2.45. The molecule has 132 valence electrons. The molecular weight excluding hydrogens is 304 g/mol. The lowest BCUT2D eigenvalue weighted by atomic mass is 9.93. The van der Waals surface area contributed by atoms with Crippen molar-refractivity contribution in [3.63, 3.8) is 0 Å². The summed E-state index contributed by atoms with van der Waals surface area (Å²) < 4.78 is 0. The van der Waals surface area contributed by atoms with Gasteiger partial charge in [0.05, 0.1) is 8.07 Å². The molecule has 1 unspecified atom stereocenters. The number of hydrogen-bond acceptors (Lipinski definition) is 0. The highest BCUT2D eigenvalue weighted by Gasteiger charge is 2.51. The van der Waals surface area contributed by atoms with Gasteiger partial charge in [0.2, 0.25) is 0 Å². The van der Waals surface area contributed by atoms with E-state index in [9.17, 15) is 0 Å². The van der Waals surface area contributed by atoms with Crippen LogP contribution in [0.5, 0.6) is 0 Å². The molecule has 1 atom stereocenters. The molecule has 3 rings (SSSR count). The summed E-state index contributed by atoms with van der Waals surface area (Å²) in [5.74, 6) is 0. The third-order valence-electron chi connectivity index (χ3n) is 7.84. The van der Waals surface area contributed by atoms with E-state index in [1.807, 2.05) is 5.57 Å². The van der Waals surface area contributed by atoms with Crippen molar-refractivity contribution in [3.8, 4) is 0 Å². The molecule has 0 radical (unpaired) electrons. The second-order valence-corrected chi connectivity index (χ2v) is 13.6. The molecule has 0 bridgehead atoms. The zero-order valence-corrected chi connectivity index (χ0v) is 18.0. The van der Waals surface area contributed by atoms with Gasteiger partial charge in [0.1, 0.15) is 0 Å². The summed E-state index contributed by atoms with van der Waals surface area (Å²) in [6.45, 7) is 17.1. The molecule has 0 fully saturated rings. The second kappa shape index (κ2) is 6.48. The number of rotatable bonds is 4. The Bertz CT molecular complexity index is 640. The number of allylic oxidation sites excluding steroid dienone is 8. The van der Waals surface area contributed by atoms with Crippen molar-refractivity contribution >= 4 is 8.07 Å². The van der Waals surface area contributed by atoms with Crippen LogP contribution in [0, 0.1) is 0 Å². The van der Waals surface area contributed by atoms with Crippen LogP contribution < -0.4 is 0 Å². The summed E-state index contributed by atoms with van der Waals surface area (Å²) >= 11 is 0. The normalized spacial score (nSPS) is 25.8. The van der Waals surface area contributed by atoms with E-state index in [0.717, 1.165) is 11.1 Å². The molecule has 0 spiro atoms. The molecule has 0 N–H and O–H groups in total. The van der Waals surface area contributed by atoms with Gasteiger partial charge < -0.3 is 0 Å². The van der Waals surface area contributed by atoms with Crippen LogP contribution in [0.15, 0.2) is 45.1 Å². The van der Waals surface area contributed by atoms with Crippen molar-refractivity contribution < 1.29 is 0 Å². The molecule has 3 aliphatic carbocycles. The van der Waals surface area contributed by atoms with Crippen LogP contribution in [-0.2, 0) is 0 Å². The third-order valence-corrected chi connectivity index (χ3v) is 14.4. The molecule has 0 saturated heterocycles. The van der Waals surface area contributed by atoms with E-state index >= 15 is 0 Å². The van der Waals surface area contributed by atoms with Crippen molar-refractivity contribution in [2.45, 2.75) is 97.3 Å². The summed E-state index contributed by atoms with van der Waals surface area (Å²) in [6.07, 6.45) is 8.13. The molecule has 0 saturated carbocycles. The standard InChI is InChI=1S/C23H36Si/c1-8-24(9-2,23-18(6)16(4)17(5)19(23)7)22-15(3)14-20-12-10-11-13-21(20)22/h14,22-23H,8-13H2,1-7H3. The van der Waals surface area contributed by atoms with E-state index in [1.54, 1.807) is 33.4 Å². The molecule has 1 heteroatoms. The minimum absolute atomic E-state index is 0.773. The van der Waals surface area contributed by atoms with Crippen LogP contribution in [0.3, 0.4) is 0 Å². The molecule has 0 aliphatic heterocycles. The first-order chi connectivity index (χ1) is 11.4. The maximum atomic E-state index is 2.60. The Morgan fingerprint density at radius 3 is 1.92 bits per heavy atom. The van der Waals surface area contributed by atoms with Crippen LogP contribution in [0.2, 0.25) is 23.2 Å². The van der Waals surface area contributed by atoms with E-state index in [1.165, 1.54) is 37.8 Å². The van der Waals surface area contributed by atoms with Crippen LogP contribution in [0.25, 0.3) is 0 Å². The van der Waals surface area contributed by atoms with Gasteiger partial charge in [-0.05, 0) is 88.1 Å². The first-order valence-electron chi connectivity index (χ1n) is 10.1. The average Bonchev–Trinajstić information content (AvgIpc) is 3.02. The van der Waals surface area contributed by atoms with Crippen molar-refractivity contribution in [1.29, 1.82) is 0 Å². The zero-order chi connectivity index (χ0) is 17.6. The third kappa shape index (κ3) is 2.38. The second-order valence-electron chi connectivity index (χ2n) is 8.57. The molecule has 0 aromatic carbocycles. The Labute approximate surface area is 150 Å². The average molecular weight is 341 g/mol. The van der Waals surface area contributed by atoms with Crippen molar-refractivity contribution in [2.75, 3.05) is 0 Å². The highest BCUT2D eigenvalue weighted by molar-refractivity contribution is 6.85. The predicted molar refractivity (Wildman–Crippen MR) is 110 cm³/mol. The summed E-state index contributed by atoms with van der Waals surface area (Å²) in [7, 11) is -1.50. The Morgan fingerprint density at radius 2 is 1.38 bits per heavy atom. The van der Waals surface area contributed by atoms with Gasteiger partial charge in [-0.2, -0.15) is 0 Å². The van der Waals surface area contributed by atoms with Gasteiger partial charge in [-0.3, -0.25) is 0 Å². The SMILES string of the molecule is CC[Si](CC)(C1C(C)=C(C)C(C)=C1C)C1C(C)=CC2=C1CCCC2. The molecule has 0 aromatic heterocycles. The van der Waals surface area contributed by atoms with Gasteiger partial charge >= 0.3 is 0 Å². The van der Waals surface area contributed by atoms with Gasteiger partial charge in [0, 0.05) is 0 Å². The predicted octanol–water partition coefficient (Wildman–Crippen LogP) is 7.73. The highest BCUT2D eigenvalue weighted by Crippen LogP contribution is 2.60. The van der Waals surface area contributed by atoms with Gasteiger partial charge in [-0.1, -0.05) is 54.3 Å². The molecule has 0 aromatic rings. The van der Waals surface area contributed by atoms with Gasteiger partial charge in [0.25, 0.3) is 0 Å². The van der Waals surface area contributed by atoms with Crippen LogP contribution in [-0.4, -0.2) is 8.07 Å². The van der Waals surface area contributed by atoms with Gasteiger partial charge in [-0.15, -0.1) is 0 Å². The fraction of sp³-hybridized carbons (Fsp3) is 0.652. The van der Waals surface area contributed by atoms with E-state index in [-0.39, 0.29) is 0 Å². The van der Waals surface area contributed by atoms with Crippen LogP contribution in [0.1, 0.15) is 74.1 Å². The largest absolute Gasteiger partial charge is 0.0767 e. The van der Waals surface area contributed by atoms with Crippen molar-refractivity contribution in [3.05, 3.63) is 45.1 Å². The topological polar surface area (TPSA) is 0 Å². The van der Waals surface area contributed by atoms with Crippen molar-refractivity contribution in [2.24, 2.45) is 0 Å². The van der Waals surface area contributed by atoms with E-state index < -0.39 is 8.07 Å². The molecule has 24 heavy (non-hydrogen) atoms. The first kappa shape index (κ1) is 18.0. The van der Waals surface area contributed by atoms with E-state index in [4.69, 9.17) is 0 Å².